The number of benzene rings is 1. The molecule has 0 aliphatic rings. The highest BCUT2D eigenvalue weighted by atomic mass is 32.2. The number of hydrogen-bond donors (Lipinski definition) is 2. The standard InChI is InChI=1S/C11H13N3O3S/c1-13-11(15)7-14-6-10(18(12,16)17)8-4-2-3-5-9(8)14/h2-6H,7H2,1H3,(H,13,15)(H2,12,16,17). The second-order valence-electron chi connectivity index (χ2n) is 3.86. The number of amides is 1. The third-order valence-electron chi connectivity index (χ3n) is 2.65. The minimum Gasteiger partial charge on any atom is -0.358 e. The Balaban J connectivity index is 2.65. The fourth-order valence-electron chi connectivity index (χ4n) is 1.80. The largest absolute Gasteiger partial charge is 0.358 e. The minimum absolute atomic E-state index is 0.0296. The van der Waals surface area contributed by atoms with Gasteiger partial charge in [0.25, 0.3) is 0 Å². The summed E-state index contributed by atoms with van der Waals surface area (Å²) in [5.41, 5.74) is 0.658. The summed E-state index contributed by atoms with van der Waals surface area (Å²) in [4.78, 5) is 11.4. The fourth-order valence-corrected chi connectivity index (χ4v) is 2.56. The summed E-state index contributed by atoms with van der Waals surface area (Å²) in [6.07, 6.45) is 1.38. The molecule has 18 heavy (non-hydrogen) atoms. The number of nitrogens with one attached hydrogen (secondary N) is 1. The molecule has 1 heterocycles. The molecule has 1 aromatic heterocycles. The van der Waals surface area contributed by atoms with Gasteiger partial charge >= 0.3 is 0 Å². The zero-order chi connectivity index (χ0) is 13.3. The van der Waals surface area contributed by atoms with Crippen LogP contribution >= 0.6 is 0 Å². The van der Waals surface area contributed by atoms with Crippen LogP contribution in [-0.2, 0) is 21.4 Å². The number of fused-ring (bicyclic) bond motifs is 1. The number of carbonyl (C=O) groups excluding carboxylic acids is 1. The second-order valence-corrected chi connectivity index (χ2v) is 5.39. The van der Waals surface area contributed by atoms with Gasteiger partial charge in [0.05, 0.1) is 0 Å². The van der Waals surface area contributed by atoms with Crippen LogP contribution in [0.5, 0.6) is 0 Å². The Bertz CT molecular complexity index is 703. The highest BCUT2D eigenvalue weighted by Crippen LogP contribution is 2.24. The molecule has 0 atom stereocenters. The average Bonchev–Trinajstić information content (AvgIpc) is 2.68. The minimum atomic E-state index is -3.80. The third-order valence-corrected chi connectivity index (χ3v) is 3.59. The Morgan fingerprint density at radius 1 is 1.39 bits per heavy atom. The first-order valence-electron chi connectivity index (χ1n) is 5.24. The summed E-state index contributed by atoms with van der Waals surface area (Å²) in [6, 6.07) is 6.90. The van der Waals surface area contributed by atoms with Gasteiger partial charge < -0.3 is 9.88 Å². The second kappa shape index (κ2) is 4.43. The van der Waals surface area contributed by atoms with Crippen molar-refractivity contribution in [2.75, 3.05) is 7.05 Å². The Labute approximate surface area is 104 Å². The van der Waals surface area contributed by atoms with E-state index in [9.17, 15) is 13.2 Å². The predicted octanol–water partition coefficient (Wildman–Crippen LogP) is 0.0347. The summed E-state index contributed by atoms with van der Waals surface area (Å²) in [5, 5.41) is 8.16. The van der Waals surface area contributed by atoms with Crippen molar-refractivity contribution in [1.82, 2.24) is 9.88 Å². The maximum Gasteiger partial charge on any atom is 0.240 e. The van der Waals surface area contributed by atoms with Crippen molar-refractivity contribution >= 4 is 26.8 Å². The van der Waals surface area contributed by atoms with Gasteiger partial charge in [-0.2, -0.15) is 0 Å². The lowest BCUT2D eigenvalue weighted by atomic mass is 10.2. The average molecular weight is 267 g/mol. The van der Waals surface area contributed by atoms with E-state index < -0.39 is 10.0 Å². The molecule has 6 nitrogen and oxygen atoms in total. The summed E-state index contributed by atoms with van der Waals surface area (Å²) >= 11 is 0. The molecule has 2 aromatic rings. The molecule has 0 saturated carbocycles. The van der Waals surface area contributed by atoms with Gasteiger partial charge in [0.1, 0.15) is 11.4 Å². The summed E-state index contributed by atoms with van der Waals surface area (Å²) in [5.74, 6) is -0.211. The molecule has 0 fully saturated rings. The van der Waals surface area contributed by atoms with Crippen LogP contribution in [0.15, 0.2) is 35.4 Å². The lowest BCUT2D eigenvalue weighted by molar-refractivity contribution is -0.121. The molecule has 0 unspecified atom stereocenters. The molecule has 0 bridgehead atoms. The monoisotopic (exact) mass is 267 g/mol. The first kappa shape index (κ1) is 12.6. The van der Waals surface area contributed by atoms with Gasteiger partial charge in [-0.1, -0.05) is 18.2 Å². The first-order valence-corrected chi connectivity index (χ1v) is 6.79. The topological polar surface area (TPSA) is 94.2 Å². The van der Waals surface area contributed by atoms with Crippen molar-refractivity contribution in [2.24, 2.45) is 5.14 Å². The molecular weight excluding hydrogens is 254 g/mol. The maximum absolute atomic E-state index is 11.5. The maximum atomic E-state index is 11.5. The lowest BCUT2D eigenvalue weighted by Gasteiger charge is -2.03. The number of nitrogens with zero attached hydrogens (tertiary/aromatic N) is 1. The molecule has 0 saturated heterocycles. The molecule has 2 rings (SSSR count). The van der Waals surface area contributed by atoms with Gasteiger partial charge in [0.15, 0.2) is 0 Å². The summed E-state index contributed by atoms with van der Waals surface area (Å²) in [7, 11) is -2.28. The van der Waals surface area contributed by atoms with Crippen LogP contribution < -0.4 is 10.5 Å². The normalized spacial score (nSPS) is 11.7. The van der Waals surface area contributed by atoms with Crippen molar-refractivity contribution in [1.29, 1.82) is 0 Å². The predicted molar refractivity (Wildman–Crippen MR) is 67.4 cm³/mol. The van der Waals surface area contributed by atoms with E-state index in [1.54, 1.807) is 28.8 Å². The van der Waals surface area contributed by atoms with Crippen molar-refractivity contribution in [2.45, 2.75) is 11.4 Å². The van der Waals surface area contributed by atoms with Gasteiger partial charge in [-0.05, 0) is 6.07 Å². The van der Waals surface area contributed by atoms with Crippen molar-refractivity contribution in [3.63, 3.8) is 0 Å². The smallest absolute Gasteiger partial charge is 0.240 e. The number of sulfonamides is 1. The Morgan fingerprint density at radius 2 is 2.06 bits per heavy atom. The van der Waals surface area contributed by atoms with Crippen LogP contribution in [-0.4, -0.2) is 25.9 Å². The van der Waals surface area contributed by atoms with Crippen molar-refractivity contribution in [3.8, 4) is 0 Å². The van der Waals surface area contributed by atoms with Crippen molar-refractivity contribution in [3.05, 3.63) is 30.5 Å². The molecular formula is C11H13N3O3S. The number of hydrogen-bond acceptors (Lipinski definition) is 3. The molecule has 0 aliphatic carbocycles. The molecule has 96 valence electrons. The van der Waals surface area contributed by atoms with Crippen LogP contribution in [0.3, 0.4) is 0 Å². The van der Waals surface area contributed by atoms with Crippen LogP contribution in [0.2, 0.25) is 0 Å². The van der Waals surface area contributed by atoms with E-state index in [2.05, 4.69) is 5.32 Å². The van der Waals surface area contributed by atoms with E-state index in [-0.39, 0.29) is 17.3 Å². The highest BCUT2D eigenvalue weighted by Gasteiger charge is 2.17. The highest BCUT2D eigenvalue weighted by molar-refractivity contribution is 7.89. The number of likely N-dealkylation sites (N-methyl/N-ethyl adjacent to an activating group) is 1. The van der Waals surface area contributed by atoms with Crippen LogP contribution in [0, 0.1) is 0 Å². The van der Waals surface area contributed by atoms with E-state index in [1.807, 2.05) is 0 Å². The van der Waals surface area contributed by atoms with E-state index in [4.69, 9.17) is 5.14 Å². The molecule has 1 amide bonds. The lowest BCUT2D eigenvalue weighted by Crippen LogP contribution is -2.23. The fraction of sp³-hybridized carbons (Fsp3) is 0.182. The first-order chi connectivity index (χ1) is 8.43. The van der Waals surface area contributed by atoms with Gasteiger partial charge in [0.2, 0.25) is 15.9 Å². The van der Waals surface area contributed by atoms with Gasteiger partial charge in [0, 0.05) is 24.1 Å². The van der Waals surface area contributed by atoms with Gasteiger partial charge in [-0.25, -0.2) is 13.6 Å². The van der Waals surface area contributed by atoms with E-state index in [0.717, 1.165) is 0 Å². The molecule has 3 N–H and O–H groups in total. The Morgan fingerprint density at radius 3 is 2.67 bits per heavy atom. The number of para-hydroxylation sites is 1. The molecule has 0 spiro atoms. The molecule has 1 aromatic carbocycles. The summed E-state index contributed by atoms with van der Waals surface area (Å²) < 4.78 is 24.5. The SMILES string of the molecule is CNC(=O)Cn1cc(S(N)(=O)=O)c2ccccc21. The van der Waals surface area contributed by atoms with Gasteiger partial charge in [-0.15, -0.1) is 0 Å². The van der Waals surface area contributed by atoms with E-state index >= 15 is 0 Å². The van der Waals surface area contributed by atoms with Gasteiger partial charge in [-0.3, -0.25) is 4.79 Å². The Hall–Kier alpha value is -1.86. The zero-order valence-corrected chi connectivity index (χ0v) is 10.6. The summed E-state index contributed by atoms with van der Waals surface area (Å²) in [6.45, 7) is 0.0481. The van der Waals surface area contributed by atoms with Crippen LogP contribution in [0.4, 0.5) is 0 Å². The van der Waals surface area contributed by atoms with E-state index in [1.165, 1.54) is 13.2 Å². The quantitative estimate of drug-likeness (QED) is 0.821. The van der Waals surface area contributed by atoms with Crippen LogP contribution in [0.1, 0.15) is 0 Å². The third kappa shape index (κ3) is 2.22. The number of carbonyl (C=O) groups is 1. The zero-order valence-electron chi connectivity index (χ0n) is 9.75. The van der Waals surface area contributed by atoms with E-state index in [0.29, 0.717) is 10.9 Å². The van der Waals surface area contributed by atoms with Crippen LogP contribution in [0.25, 0.3) is 10.9 Å². The van der Waals surface area contributed by atoms with Crippen molar-refractivity contribution < 1.29 is 13.2 Å². The molecule has 0 aliphatic heterocycles. The number of aromatic nitrogens is 1. The molecule has 7 heteroatoms. The number of rotatable bonds is 3. The number of nitrogens with two attached hydrogens (primary N) is 1. The molecule has 0 radical (unpaired) electrons. The Kier molecular flexibility index (Phi) is 3.10. The number of primary sulfonamides is 1.